The molecule has 0 atom stereocenters. The highest BCUT2D eigenvalue weighted by atomic mass is 16.4. The standard InChI is InChI=1S/C14H18N2O3/c1-14(2,3)12(17)15-8-9-5-6-11-10(7-9)16(4)13(18)19-11/h5-7H,8H2,1-4H3,(H,15,17). The van der Waals surface area contributed by atoms with Gasteiger partial charge in [-0.05, 0) is 17.7 Å². The van der Waals surface area contributed by atoms with E-state index in [1.807, 2.05) is 32.9 Å². The van der Waals surface area contributed by atoms with E-state index in [9.17, 15) is 9.59 Å². The van der Waals surface area contributed by atoms with Crippen LogP contribution in [0, 0.1) is 5.41 Å². The van der Waals surface area contributed by atoms with Gasteiger partial charge < -0.3 is 9.73 Å². The minimum atomic E-state index is -0.410. The molecule has 0 unspecified atom stereocenters. The summed E-state index contributed by atoms with van der Waals surface area (Å²) < 4.78 is 6.50. The first-order chi connectivity index (χ1) is 8.79. The minimum absolute atomic E-state index is 0.00585. The van der Waals surface area contributed by atoms with E-state index in [-0.39, 0.29) is 11.7 Å². The van der Waals surface area contributed by atoms with Crippen molar-refractivity contribution in [3.8, 4) is 0 Å². The fraction of sp³-hybridized carbons (Fsp3) is 0.429. The Morgan fingerprint density at radius 2 is 2.05 bits per heavy atom. The van der Waals surface area contributed by atoms with Gasteiger partial charge in [0.1, 0.15) is 0 Å². The molecule has 1 heterocycles. The molecule has 2 aromatic rings. The van der Waals surface area contributed by atoms with Crippen LogP contribution >= 0.6 is 0 Å². The Morgan fingerprint density at radius 3 is 2.68 bits per heavy atom. The lowest BCUT2D eigenvalue weighted by Gasteiger charge is -2.17. The highest BCUT2D eigenvalue weighted by Crippen LogP contribution is 2.16. The second kappa shape index (κ2) is 4.57. The Hall–Kier alpha value is -2.04. The van der Waals surface area contributed by atoms with Crippen LogP contribution in [0.5, 0.6) is 0 Å². The molecule has 19 heavy (non-hydrogen) atoms. The van der Waals surface area contributed by atoms with E-state index in [0.717, 1.165) is 11.1 Å². The van der Waals surface area contributed by atoms with Crippen molar-refractivity contribution in [1.82, 2.24) is 9.88 Å². The average Bonchev–Trinajstić information content (AvgIpc) is 2.61. The predicted octanol–water partition coefficient (Wildman–Crippen LogP) is 1.79. The predicted molar refractivity (Wildman–Crippen MR) is 72.8 cm³/mol. The fourth-order valence-corrected chi connectivity index (χ4v) is 1.73. The third-order valence-corrected chi connectivity index (χ3v) is 2.99. The summed E-state index contributed by atoms with van der Waals surface area (Å²) in [5.74, 6) is -0.389. The first-order valence-corrected chi connectivity index (χ1v) is 6.16. The van der Waals surface area contributed by atoms with Crippen molar-refractivity contribution < 1.29 is 9.21 Å². The minimum Gasteiger partial charge on any atom is -0.408 e. The number of benzene rings is 1. The molecule has 0 fully saturated rings. The Kier molecular flexibility index (Phi) is 3.22. The van der Waals surface area contributed by atoms with Gasteiger partial charge in [0.25, 0.3) is 0 Å². The number of nitrogens with one attached hydrogen (secondary N) is 1. The van der Waals surface area contributed by atoms with Crippen molar-refractivity contribution in [1.29, 1.82) is 0 Å². The van der Waals surface area contributed by atoms with Crippen LogP contribution in [0.2, 0.25) is 0 Å². The summed E-state index contributed by atoms with van der Waals surface area (Å²) in [5, 5.41) is 2.87. The molecule has 102 valence electrons. The van der Waals surface area contributed by atoms with E-state index in [4.69, 9.17) is 4.42 Å². The molecule has 0 bridgehead atoms. The van der Waals surface area contributed by atoms with Crippen LogP contribution in [0.25, 0.3) is 11.1 Å². The summed E-state index contributed by atoms with van der Waals surface area (Å²) in [6.45, 7) is 6.04. The summed E-state index contributed by atoms with van der Waals surface area (Å²) in [4.78, 5) is 23.2. The van der Waals surface area contributed by atoms with Crippen LogP contribution < -0.4 is 11.1 Å². The largest absolute Gasteiger partial charge is 0.419 e. The average molecular weight is 262 g/mol. The molecule has 0 radical (unpaired) electrons. The van der Waals surface area contributed by atoms with Gasteiger partial charge in [-0.25, -0.2) is 4.79 Å². The fourth-order valence-electron chi connectivity index (χ4n) is 1.73. The van der Waals surface area contributed by atoms with Gasteiger partial charge in [-0.15, -0.1) is 0 Å². The molecule has 0 aliphatic rings. The monoisotopic (exact) mass is 262 g/mol. The number of aromatic nitrogens is 1. The Labute approximate surface area is 111 Å². The van der Waals surface area contributed by atoms with Crippen LogP contribution in [0.3, 0.4) is 0 Å². The molecular weight excluding hydrogens is 244 g/mol. The van der Waals surface area contributed by atoms with Gasteiger partial charge in [0.05, 0.1) is 5.52 Å². The normalized spacial score (nSPS) is 11.8. The highest BCUT2D eigenvalue weighted by Gasteiger charge is 2.20. The van der Waals surface area contributed by atoms with Crippen molar-refractivity contribution in [2.45, 2.75) is 27.3 Å². The second-order valence-electron chi connectivity index (χ2n) is 5.66. The highest BCUT2D eigenvalue weighted by molar-refractivity contribution is 5.81. The van der Waals surface area contributed by atoms with Gasteiger partial charge in [0, 0.05) is 19.0 Å². The second-order valence-corrected chi connectivity index (χ2v) is 5.66. The molecule has 0 aliphatic heterocycles. The van der Waals surface area contributed by atoms with E-state index in [2.05, 4.69) is 5.32 Å². The summed E-state index contributed by atoms with van der Waals surface area (Å²) in [6.07, 6.45) is 0. The third kappa shape index (κ3) is 2.70. The van der Waals surface area contributed by atoms with Gasteiger partial charge in [-0.1, -0.05) is 26.8 Å². The third-order valence-electron chi connectivity index (χ3n) is 2.99. The molecule has 0 saturated heterocycles. The molecule has 0 spiro atoms. The molecule has 1 aromatic carbocycles. The number of carbonyl (C=O) groups is 1. The van der Waals surface area contributed by atoms with Crippen molar-refractivity contribution in [2.75, 3.05) is 0 Å². The molecule has 1 aromatic heterocycles. The van der Waals surface area contributed by atoms with E-state index >= 15 is 0 Å². The number of amides is 1. The Balaban J connectivity index is 2.20. The van der Waals surface area contributed by atoms with Gasteiger partial charge in [-0.2, -0.15) is 0 Å². The maximum Gasteiger partial charge on any atom is 0.419 e. The Morgan fingerprint density at radius 1 is 1.37 bits per heavy atom. The quantitative estimate of drug-likeness (QED) is 0.897. The molecule has 1 amide bonds. The first-order valence-electron chi connectivity index (χ1n) is 6.16. The van der Waals surface area contributed by atoms with Gasteiger partial charge in [0.2, 0.25) is 5.91 Å². The maximum atomic E-state index is 11.8. The molecule has 0 aliphatic carbocycles. The van der Waals surface area contributed by atoms with E-state index in [1.165, 1.54) is 4.57 Å². The topological polar surface area (TPSA) is 64.2 Å². The van der Waals surface area contributed by atoms with Crippen LogP contribution in [0.15, 0.2) is 27.4 Å². The molecule has 2 rings (SSSR count). The number of oxazole rings is 1. The molecule has 5 nitrogen and oxygen atoms in total. The lowest BCUT2D eigenvalue weighted by atomic mass is 9.95. The lowest BCUT2D eigenvalue weighted by molar-refractivity contribution is -0.128. The number of hydrogen-bond acceptors (Lipinski definition) is 3. The van der Waals surface area contributed by atoms with E-state index in [0.29, 0.717) is 12.1 Å². The Bertz CT molecular complexity index is 674. The summed E-state index contributed by atoms with van der Waals surface area (Å²) >= 11 is 0. The summed E-state index contributed by atoms with van der Waals surface area (Å²) in [6, 6.07) is 5.44. The van der Waals surface area contributed by atoms with Gasteiger partial charge >= 0.3 is 5.76 Å². The number of nitrogens with zero attached hydrogens (tertiary/aromatic N) is 1. The molecule has 5 heteroatoms. The summed E-state index contributed by atoms with van der Waals surface area (Å²) in [5.41, 5.74) is 1.81. The van der Waals surface area contributed by atoms with Crippen LogP contribution in [0.1, 0.15) is 26.3 Å². The zero-order chi connectivity index (χ0) is 14.2. The van der Waals surface area contributed by atoms with Gasteiger partial charge in [0.15, 0.2) is 5.58 Å². The summed E-state index contributed by atoms with van der Waals surface area (Å²) in [7, 11) is 1.66. The zero-order valence-electron chi connectivity index (χ0n) is 11.6. The molecule has 0 saturated carbocycles. The number of carbonyl (C=O) groups excluding carboxylic acids is 1. The number of fused-ring (bicyclic) bond motifs is 1. The van der Waals surface area contributed by atoms with Crippen LogP contribution in [0.4, 0.5) is 0 Å². The van der Waals surface area contributed by atoms with Crippen molar-refractivity contribution in [2.24, 2.45) is 12.5 Å². The number of rotatable bonds is 2. The zero-order valence-corrected chi connectivity index (χ0v) is 11.6. The van der Waals surface area contributed by atoms with E-state index < -0.39 is 5.41 Å². The number of hydrogen-bond donors (Lipinski definition) is 1. The SMILES string of the molecule is Cn1c(=O)oc2ccc(CNC(=O)C(C)(C)C)cc21. The van der Waals surface area contributed by atoms with Crippen molar-refractivity contribution in [3.05, 3.63) is 34.3 Å². The smallest absolute Gasteiger partial charge is 0.408 e. The molecule has 1 N–H and O–H groups in total. The van der Waals surface area contributed by atoms with Crippen LogP contribution in [-0.4, -0.2) is 10.5 Å². The maximum absolute atomic E-state index is 11.8. The van der Waals surface area contributed by atoms with Crippen LogP contribution in [-0.2, 0) is 18.4 Å². The first kappa shape index (κ1) is 13.4. The van der Waals surface area contributed by atoms with Crippen molar-refractivity contribution >= 4 is 17.0 Å². The van der Waals surface area contributed by atoms with E-state index in [1.54, 1.807) is 13.1 Å². The number of aryl methyl sites for hydroxylation is 1. The molecular formula is C14H18N2O3. The van der Waals surface area contributed by atoms with Gasteiger partial charge in [-0.3, -0.25) is 9.36 Å². The lowest BCUT2D eigenvalue weighted by Crippen LogP contribution is -2.34. The van der Waals surface area contributed by atoms with Crippen molar-refractivity contribution in [3.63, 3.8) is 0 Å².